The van der Waals surface area contributed by atoms with Gasteiger partial charge >= 0.3 is 0 Å². The minimum Gasteiger partial charge on any atom is -0.295 e. The molecular formula is C16H13NO3S. The van der Waals surface area contributed by atoms with Crippen LogP contribution in [0.2, 0.25) is 0 Å². The van der Waals surface area contributed by atoms with Crippen LogP contribution in [0.1, 0.15) is 28.4 Å². The molecule has 0 fully saturated rings. The quantitative estimate of drug-likeness (QED) is 0.813. The second kappa shape index (κ2) is 5.90. The fraction of sp³-hybridized carbons (Fsp3) is 0.125. The molecule has 0 amide bonds. The van der Waals surface area contributed by atoms with E-state index in [0.29, 0.717) is 16.7 Å². The minimum absolute atomic E-state index is 0.110. The van der Waals surface area contributed by atoms with Crippen molar-refractivity contribution in [3.05, 3.63) is 65.2 Å². The van der Waals surface area contributed by atoms with E-state index in [1.165, 1.54) is 31.2 Å². The van der Waals surface area contributed by atoms with E-state index in [0.717, 1.165) is 0 Å². The van der Waals surface area contributed by atoms with Crippen LogP contribution in [0.15, 0.2) is 53.4 Å². The lowest BCUT2D eigenvalue weighted by molar-refractivity contribution is 0.101. The molecule has 2 rings (SSSR count). The van der Waals surface area contributed by atoms with Crippen LogP contribution in [0.4, 0.5) is 0 Å². The van der Waals surface area contributed by atoms with Crippen LogP contribution in [0.25, 0.3) is 0 Å². The summed E-state index contributed by atoms with van der Waals surface area (Å²) in [6, 6.07) is 14.3. The topological polar surface area (TPSA) is 75.0 Å². The van der Waals surface area contributed by atoms with E-state index in [1.54, 1.807) is 24.3 Å². The van der Waals surface area contributed by atoms with Gasteiger partial charge in [0.15, 0.2) is 15.6 Å². The third kappa shape index (κ3) is 3.56. The zero-order chi connectivity index (χ0) is 15.5. The molecule has 0 bridgehead atoms. The van der Waals surface area contributed by atoms with Gasteiger partial charge in [0.1, 0.15) is 0 Å². The molecule has 0 aliphatic carbocycles. The van der Waals surface area contributed by atoms with Gasteiger partial charge in [0.25, 0.3) is 0 Å². The number of nitriles is 1. The Bertz CT molecular complexity index is 815. The average molecular weight is 299 g/mol. The first-order valence-corrected chi connectivity index (χ1v) is 7.90. The smallest absolute Gasteiger partial charge is 0.182 e. The van der Waals surface area contributed by atoms with E-state index in [4.69, 9.17) is 5.26 Å². The van der Waals surface area contributed by atoms with Gasteiger partial charge in [-0.1, -0.05) is 24.3 Å². The van der Waals surface area contributed by atoms with Crippen LogP contribution in [0, 0.1) is 11.3 Å². The molecule has 0 unspecified atom stereocenters. The normalized spacial score (nSPS) is 10.9. The summed E-state index contributed by atoms with van der Waals surface area (Å²) >= 11 is 0. The highest BCUT2D eigenvalue weighted by molar-refractivity contribution is 7.90. The number of carbonyl (C=O) groups excluding carboxylic acids is 1. The highest BCUT2D eigenvalue weighted by Gasteiger charge is 2.16. The zero-order valence-corrected chi connectivity index (χ0v) is 12.2. The molecule has 0 aliphatic heterocycles. The maximum Gasteiger partial charge on any atom is 0.182 e. The summed E-state index contributed by atoms with van der Waals surface area (Å²) in [6.07, 6.45) is 0. The van der Waals surface area contributed by atoms with E-state index in [1.807, 2.05) is 6.07 Å². The largest absolute Gasteiger partial charge is 0.295 e. The number of benzene rings is 2. The SMILES string of the molecule is CC(=O)c1ccc(S(=O)(=O)Cc2cccc(C#N)c2)cc1. The van der Waals surface area contributed by atoms with Crippen LogP contribution < -0.4 is 0 Å². The summed E-state index contributed by atoms with van der Waals surface area (Å²) in [5.74, 6) is -0.289. The maximum atomic E-state index is 12.3. The Morgan fingerprint density at radius 1 is 1.14 bits per heavy atom. The van der Waals surface area contributed by atoms with Gasteiger partial charge in [-0.2, -0.15) is 5.26 Å². The van der Waals surface area contributed by atoms with Gasteiger partial charge in [-0.25, -0.2) is 8.42 Å². The third-order valence-electron chi connectivity index (χ3n) is 3.03. The summed E-state index contributed by atoms with van der Waals surface area (Å²) in [5.41, 5.74) is 1.46. The van der Waals surface area contributed by atoms with Crippen LogP contribution in [0.3, 0.4) is 0 Å². The Labute approximate surface area is 123 Å². The number of ketones is 1. The number of nitrogens with zero attached hydrogens (tertiary/aromatic N) is 1. The first kappa shape index (κ1) is 14.9. The predicted octanol–water partition coefficient (Wildman–Crippen LogP) is 2.73. The van der Waals surface area contributed by atoms with Gasteiger partial charge in [-0.3, -0.25) is 4.79 Å². The molecule has 0 heterocycles. The first-order chi connectivity index (χ1) is 9.92. The van der Waals surface area contributed by atoms with E-state index < -0.39 is 9.84 Å². The molecule has 5 heteroatoms. The monoisotopic (exact) mass is 299 g/mol. The van der Waals surface area contributed by atoms with Gasteiger partial charge < -0.3 is 0 Å². The summed E-state index contributed by atoms with van der Waals surface area (Å²) < 4.78 is 24.6. The Morgan fingerprint density at radius 2 is 1.81 bits per heavy atom. The molecular weight excluding hydrogens is 286 g/mol. The van der Waals surface area contributed by atoms with Crippen LogP contribution in [0.5, 0.6) is 0 Å². The Kier molecular flexibility index (Phi) is 4.20. The molecule has 106 valence electrons. The number of hydrogen-bond donors (Lipinski definition) is 0. The highest BCUT2D eigenvalue weighted by atomic mass is 32.2. The molecule has 0 aromatic heterocycles. The minimum atomic E-state index is -3.50. The summed E-state index contributed by atoms with van der Waals surface area (Å²) in [7, 11) is -3.50. The predicted molar refractivity (Wildman–Crippen MR) is 78.5 cm³/mol. The molecule has 0 aliphatic rings. The molecule has 2 aromatic carbocycles. The molecule has 0 N–H and O–H groups in total. The van der Waals surface area contributed by atoms with Gasteiger partial charge in [-0.15, -0.1) is 0 Å². The number of hydrogen-bond acceptors (Lipinski definition) is 4. The zero-order valence-electron chi connectivity index (χ0n) is 11.4. The van der Waals surface area contributed by atoms with Crippen molar-refractivity contribution in [2.75, 3.05) is 0 Å². The van der Waals surface area contributed by atoms with Crippen molar-refractivity contribution >= 4 is 15.6 Å². The molecule has 21 heavy (non-hydrogen) atoms. The van der Waals surface area contributed by atoms with Crippen molar-refractivity contribution in [3.8, 4) is 6.07 Å². The van der Waals surface area contributed by atoms with Crippen molar-refractivity contribution in [1.82, 2.24) is 0 Å². The molecule has 0 saturated carbocycles. The summed E-state index contributed by atoms with van der Waals surface area (Å²) in [6.45, 7) is 1.43. The van der Waals surface area contributed by atoms with Gasteiger partial charge in [0, 0.05) is 5.56 Å². The van der Waals surface area contributed by atoms with Crippen molar-refractivity contribution in [1.29, 1.82) is 5.26 Å². The molecule has 2 aromatic rings. The Morgan fingerprint density at radius 3 is 2.38 bits per heavy atom. The van der Waals surface area contributed by atoms with Crippen LogP contribution in [-0.2, 0) is 15.6 Å². The van der Waals surface area contributed by atoms with Crippen molar-refractivity contribution in [2.45, 2.75) is 17.6 Å². The van der Waals surface area contributed by atoms with E-state index in [-0.39, 0.29) is 16.4 Å². The average Bonchev–Trinajstić information content (AvgIpc) is 2.47. The lowest BCUT2D eigenvalue weighted by atomic mass is 10.1. The lowest BCUT2D eigenvalue weighted by Gasteiger charge is -2.06. The molecule has 0 atom stereocenters. The number of carbonyl (C=O) groups is 1. The van der Waals surface area contributed by atoms with Gasteiger partial charge in [0.05, 0.1) is 22.3 Å². The maximum absolute atomic E-state index is 12.3. The van der Waals surface area contributed by atoms with Crippen molar-refractivity contribution in [3.63, 3.8) is 0 Å². The van der Waals surface area contributed by atoms with Gasteiger partial charge in [0.2, 0.25) is 0 Å². The number of rotatable bonds is 4. The van der Waals surface area contributed by atoms with E-state index >= 15 is 0 Å². The Hall–Kier alpha value is -2.45. The lowest BCUT2D eigenvalue weighted by Crippen LogP contribution is -2.05. The van der Waals surface area contributed by atoms with Crippen molar-refractivity contribution in [2.24, 2.45) is 0 Å². The van der Waals surface area contributed by atoms with Crippen LogP contribution >= 0.6 is 0 Å². The van der Waals surface area contributed by atoms with Crippen LogP contribution in [-0.4, -0.2) is 14.2 Å². The highest BCUT2D eigenvalue weighted by Crippen LogP contribution is 2.18. The standard InChI is InChI=1S/C16H13NO3S/c1-12(18)15-5-7-16(8-6-15)21(19,20)11-14-4-2-3-13(9-14)10-17/h2-9H,11H2,1H3. The first-order valence-electron chi connectivity index (χ1n) is 6.25. The molecule has 0 radical (unpaired) electrons. The molecule has 4 nitrogen and oxygen atoms in total. The molecule has 0 spiro atoms. The van der Waals surface area contributed by atoms with Gasteiger partial charge in [-0.05, 0) is 36.8 Å². The number of sulfone groups is 1. The molecule has 0 saturated heterocycles. The fourth-order valence-corrected chi connectivity index (χ4v) is 3.27. The third-order valence-corrected chi connectivity index (χ3v) is 4.74. The van der Waals surface area contributed by atoms with E-state index in [2.05, 4.69) is 0 Å². The van der Waals surface area contributed by atoms with Crippen molar-refractivity contribution < 1.29 is 13.2 Å². The second-order valence-electron chi connectivity index (χ2n) is 4.65. The number of Topliss-reactive ketones (excluding diaryl/α,β-unsaturated/α-hetero) is 1. The second-order valence-corrected chi connectivity index (χ2v) is 6.64. The summed E-state index contributed by atoms with van der Waals surface area (Å²) in [4.78, 5) is 11.3. The summed E-state index contributed by atoms with van der Waals surface area (Å²) in [5, 5.41) is 8.83. The van der Waals surface area contributed by atoms with E-state index in [9.17, 15) is 13.2 Å². The Balaban J connectivity index is 2.29. The fourth-order valence-electron chi connectivity index (χ4n) is 1.93.